The summed E-state index contributed by atoms with van der Waals surface area (Å²) < 4.78 is 0.976. The SMILES string of the molecule is CN1C(=O)CC(c2cccc(Br)c2)CC1=O. The molecule has 84 valence electrons. The highest BCUT2D eigenvalue weighted by Gasteiger charge is 2.30. The Bertz CT molecular complexity index is 426. The molecule has 1 aliphatic rings. The highest BCUT2D eigenvalue weighted by atomic mass is 79.9. The van der Waals surface area contributed by atoms with Crippen molar-refractivity contribution in [2.24, 2.45) is 0 Å². The van der Waals surface area contributed by atoms with Gasteiger partial charge in [0, 0.05) is 30.3 Å². The Morgan fingerprint density at radius 2 is 1.88 bits per heavy atom. The lowest BCUT2D eigenvalue weighted by Crippen LogP contribution is -2.39. The maximum atomic E-state index is 11.6. The van der Waals surface area contributed by atoms with Crippen molar-refractivity contribution in [2.45, 2.75) is 18.8 Å². The van der Waals surface area contributed by atoms with Crippen molar-refractivity contribution in [3.63, 3.8) is 0 Å². The van der Waals surface area contributed by atoms with Gasteiger partial charge in [-0.05, 0) is 17.7 Å². The van der Waals surface area contributed by atoms with E-state index in [1.807, 2.05) is 24.3 Å². The van der Waals surface area contributed by atoms with Crippen LogP contribution in [-0.4, -0.2) is 23.8 Å². The molecule has 1 aromatic carbocycles. The smallest absolute Gasteiger partial charge is 0.229 e. The molecule has 16 heavy (non-hydrogen) atoms. The summed E-state index contributed by atoms with van der Waals surface area (Å²) in [6.07, 6.45) is 0.831. The predicted octanol–water partition coefficient (Wildman–Crippen LogP) is 2.31. The zero-order valence-electron chi connectivity index (χ0n) is 8.94. The summed E-state index contributed by atoms with van der Waals surface area (Å²) in [5.74, 6) is -0.170. The Morgan fingerprint density at radius 1 is 1.25 bits per heavy atom. The number of carbonyl (C=O) groups is 2. The molecule has 2 amide bonds. The van der Waals surface area contributed by atoms with Gasteiger partial charge in [0.2, 0.25) is 11.8 Å². The van der Waals surface area contributed by atoms with Gasteiger partial charge >= 0.3 is 0 Å². The number of piperidine rings is 1. The average molecular weight is 282 g/mol. The van der Waals surface area contributed by atoms with Gasteiger partial charge in [0.15, 0.2) is 0 Å². The number of hydrogen-bond donors (Lipinski definition) is 0. The standard InChI is InChI=1S/C12H12BrNO2/c1-14-11(15)6-9(7-12(14)16)8-3-2-4-10(13)5-8/h2-5,9H,6-7H2,1H3. The van der Waals surface area contributed by atoms with Crippen LogP contribution in [0.3, 0.4) is 0 Å². The molecule has 0 saturated carbocycles. The van der Waals surface area contributed by atoms with E-state index >= 15 is 0 Å². The lowest BCUT2D eigenvalue weighted by atomic mass is 9.89. The van der Waals surface area contributed by atoms with Gasteiger partial charge < -0.3 is 0 Å². The Kier molecular flexibility index (Phi) is 3.10. The fourth-order valence-electron chi connectivity index (χ4n) is 1.90. The lowest BCUT2D eigenvalue weighted by Gasteiger charge is -2.27. The van der Waals surface area contributed by atoms with Crippen molar-refractivity contribution >= 4 is 27.7 Å². The molecule has 2 rings (SSSR count). The zero-order valence-corrected chi connectivity index (χ0v) is 10.5. The van der Waals surface area contributed by atoms with Gasteiger partial charge in [0.25, 0.3) is 0 Å². The normalized spacial score (nSPS) is 18.0. The van der Waals surface area contributed by atoms with Crippen molar-refractivity contribution < 1.29 is 9.59 Å². The number of imide groups is 1. The number of carbonyl (C=O) groups excluding carboxylic acids is 2. The molecule has 1 aromatic rings. The minimum Gasteiger partial charge on any atom is -0.286 e. The van der Waals surface area contributed by atoms with Crippen molar-refractivity contribution in [2.75, 3.05) is 7.05 Å². The maximum absolute atomic E-state index is 11.6. The first-order valence-corrected chi connectivity index (χ1v) is 5.92. The zero-order chi connectivity index (χ0) is 11.7. The molecular weight excluding hydrogens is 270 g/mol. The summed E-state index contributed by atoms with van der Waals surface area (Å²) in [4.78, 5) is 24.3. The van der Waals surface area contributed by atoms with Crippen LogP contribution in [0.4, 0.5) is 0 Å². The van der Waals surface area contributed by atoms with E-state index in [1.165, 1.54) is 4.90 Å². The highest BCUT2D eigenvalue weighted by molar-refractivity contribution is 9.10. The van der Waals surface area contributed by atoms with Gasteiger partial charge in [0.05, 0.1) is 0 Å². The Morgan fingerprint density at radius 3 is 2.44 bits per heavy atom. The van der Waals surface area contributed by atoms with E-state index in [1.54, 1.807) is 7.05 Å². The molecule has 3 nitrogen and oxygen atoms in total. The van der Waals surface area contributed by atoms with E-state index in [2.05, 4.69) is 15.9 Å². The van der Waals surface area contributed by atoms with Crippen LogP contribution in [0.25, 0.3) is 0 Å². The van der Waals surface area contributed by atoms with Gasteiger partial charge in [-0.15, -0.1) is 0 Å². The fraction of sp³-hybridized carbons (Fsp3) is 0.333. The summed E-state index contributed by atoms with van der Waals surface area (Å²) in [5, 5.41) is 0. The number of hydrogen-bond acceptors (Lipinski definition) is 2. The van der Waals surface area contributed by atoms with E-state index < -0.39 is 0 Å². The largest absolute Gasteiger partial charge is 0.286 e. The number of amides is 2. The second-order valence-corrected chi connectivity index (χ2v) is 4.92. The molecule has 0 aliphatic carbocycles. The molecule has 0 radical (unpaired) electrons. The molecule has 1 saturated heterocycles. The van der Waals surface area contributed by atoms with Gasteiger partial charge in [-0.25, -0.2) is 0 Å². The Hall–Kier alpha value is -1.16. The van der Waals surface area contributed by atoms with Gasteiger partial charge in [-0.1, -0.05) is 28.1 Å². The minimum absolute atomic E-state index is 0.0219. The van der Waals surface area contributed by atoms with Crippen molar-refractivity contribution in [3.8, 4) is 0 Å². The molecule has 0 bridgehead atoms. The summed E-state index contributed by atoms with van der Waals surface area (Å²) in [6.45, 7) is 0. The summed E-state index contributed by atoms with van der Waals surface area (Å²) in [5.41, 5.74) is 1.05. The van der Waals surface area contributed by atoms with E-state index in [0.717, 1.165) is 10.0 Å². The predicted molar refractivity (Wildman–Crippen MR) is 63.9 cm³/mol. The first-order chi connectivity index (χ1) is 7.58. The monoisotopic (exact) mass is 281 g/mol. The molecule has 0 N–H and O–H groups in total. The van der Waals surface area contributed by atoms with Crippen LogP contribution in [0.2, 0.25) is 0 Å². The average Bonchev–Trinajstić information content (AvgIpc) is 2.25. The van der Waals surface area contributed by atoms with Crippen LogP contribution in [-0.2, 0) is 9.59 Å². The van der Waals surface area contributed by atoms with Gasteiger partial charge in [-0.2, -0.15) is 0 Å². The maximum Gasteiger partial charge on any atom is 0.229 e. The van der Waals surface area contributed by atoms with E-state index in [0.29, 0.717) is 12.8 Å². The summed E-state index contributed by atoms with van der Waals surface area (Å²) in [7, 11) is 1.54. The van der Waals surface area contributed by atoms with Crippen LogP contribution in [0.5, 0.6) is 0 Å². The first-order valence-electron chi connectivity index (χ1n) is 5.13. The van der Waals surface area contributed by atoms with Crippen LogP contribution in [0.1, 0.15) is 24.3 Å². The third-order valence-electron chi connectivity index (χ3n) is 2.91. The number of rotatable bonds is 1. The first kappa shape index (κ1) is 11.3. The number of halogens is 1. The van der Waals surface area contributed by atoms with Crippen molar-refractivity contribution in [3.05, 3.63) is 34.3 Å². The Balaban J connectivity index is 2.23. The second kappa shape index (κ2) is 4.37. The number of likely N-dealkylation sites (tertiary alicyclic amines) is 1. The summed E-state index contributed by atoms with van der Waals surface area (Å²) in [6, 6.07) is 7.78. The summed E-state index contributed by atoms with van der Waals surface area (Å²) >= 11 is 3.39. The van der Waals surface area contributed by atoms with Crippen molar-refractivity contribution in [1.82, 2.24) is 4.90 Å². The van der Waals surface area contributed by atoms with Crippen LogP contribution >= 0.6 is 15.9 Å². The molecule has 1 fully saturated rings. The van der Waals surface area contributed by atoms with E-state index in [4.69, 9.17) is 0 Å². The van der Waals surface area contributed by atoms with E-state index in [9.17, 15) is 9.59 Å². The molecule has 0 spiro atoms. The van der Waals surface area contributed by atoms with E-state index in [-0.39, 0.29) is 17.7 Å². The molecule has 0 atom stereocenters. The topological polar surface area (TPSA) is 37.4 Å². The molecule has 0 unspecified atom stereocenters. The fourth-order valence-corrected chi connectivity index (χ4v) is 2.32. The van der Waals surface area contributed by atoms with Crippen LogP contribution in [0, 0.1) is 0 Å². The lowest BCUT2D eigenvalue weighted by molar-refractivity contribution is -0.146. The Labute approximate surface area is 103 Å². The quantitative estimate of drug-likeness (QED) is 0.741. The third-order valence-corrected chi connectivity index (χ3v) is 3.40. The van der Waals surface area contributed by atoms with Crippen molar-refractivity contribution in [1.29, 1.82) is 0 Å². The minimum atomic E-state index is -0.0961. The van der Waals surface area contributed by atoms with Crippen LogP contribution < -0.4 is 0 Å². The van der Waals surface area contributed by atoms with Gasteiger partial charge in [-0.3, -0.25) is 14.5 Å². The molecular formula is C12H12BrNO2. The molecule has 4 heteroatoms. The third kappa shape index (κ3) is 2.16. The van der Waals surface area contributed by atoms with Gasteiger partial charge in [0.1, 0.15) is 0 Å². The molecule has 1 aliphatic heterocycles. The van der Waals surface area contributed by atoms with Crippen LogP contribution in [0.15, 0.2) is 28.7 Å². The number of benzene rings is 1. The highest BCUT2D eigenvalue weighted by Crippen LogP contribution is 2.30. The molecule has 0 aromatic heterocycles. The molecule has 1 heterocycles. The second-order valence-electron chi connectivity index (χ2n) is 4.01. The number of nitrogens with zero attached hydrogens (tertiary/aromatic N) is 1.